The molecule has 2 heterocycles. The maximum atomic E-state index is 12.8. The van der Waals surface area contributed by atoms with Gasteiger partial charge in [0.2, 0.25) is 0 Å². The second kappa shape index (κ2) is 12.1. The largest absolute Gasteiger partial charge is 0.493 e. The summed E-state index contributed by atoms with van der Waals surface area (Å²) in [5.41, 5.74) is 2.72. The van der Waals surface area contributed by atoms with Crippen LogP contribution in [0, 0.1) is 5.92 Å². The van der Waals surface area contributed by atoms with Crippen molar-refractivity contribution in [2.24, 2.45) is 5.92 Å². The Balaban J connectivity index is 1.29. The molecule has 184 valence electrons. The Kier molecular flexibility index (Phi) is 8.72. The van der Waals surface area contributed by atoms with Gasteiger partial charge in [0, 0.05) is 59.7 Å². The molecule has 0 aliphatic carbocycles. The third-order valence-corrected chi connectivity index (χ3v) is 6.63. The zero-order chi connectivity index (χ0) is 24.6. The lowest BCUT2D eigenvalue weighted by Gasteiger charge is -2.33. The van der Waals surface area contributed by atoms with Crippen molar-refractivity contribution in [2.75, 3.05) is 38.3 Å². The Hall–Kier alpha value is -2.96. The van der Waals surface area contributed by atoms with Crippen LogP contribution in [0.25, 0.3) is 0 Å². The van der Waals surface area contributed by atoms with Gasteiger partial charge in [0.1, 0.15) is 0 Å². The molecular formula is C27H29Cl2N3O3. The molecule has 0 spiro atoms. The molecule has 35 heavy (non-hydrogen) atoms. The van der Waals surface area contributed by atoms with Crippen LogP contribution in [0.3, 0.4) is 0 Å². The monoisotopic (exact) mass is 513 g/mol. The van der Waals surface area contributed by atoms with Gasteiger partial charge in [-0.2, -0.15) is 0 Å². The lowest BCUT2D eigenvalue weighted by molar-refractivity contribution is 0.0944. The van der Waals surface area contributed by atoms with Gasteiger partial charge in [0.05, 0.1) is 13.7 Å². The minimum atomic E-state index is -0.115. The minimum absolute atomic E-state index is 0.115. The van der Waals surface area contributed by atoms with Crippen molar-refractivity contribution >= 4 is 34.8 Å². The van der Waals surface area contributed by atoms with Crippen LogP contribution in [-0.2, 0) is 6.42 Å². The molecule has 1 aliphatic heterocycles. The number of pyridine rings is 1. The van der Waals surface area contributed by atoms with Gasteiger partial charge in [-0.25, -0.2) is 0 Å². The number of aromatic nitrogens is 1. The molecule has 1 fully saturated rings. The van der Waals surface area contributed by atoms with Crippen molar-refractivity contribution in [3.05, 3.63) is 82.1 Å². The fourth-order valence-corrected chi connectivity index (χ4v) is 4.83. The number of benzene rings is 2. The Morgan fingerprint density at radius 3 is 2.43 bits per heavy atom. The molecule has 0 bridgehead atoms. The summed E-state index contributed by atoms with van der Waals surface area (Å²) >= 11 is 12.2. The van der Waals surface area contributed by atoms with Crippen LogP contribution in [0.15, 0.2) is 60.9 Å². The number of piperidine rings is 1. The van der Waals surface area contributed by atoms with Crippen molar-refractivity contribution in [1.29, 1.82) is 0 Å². The predicted molar refractivity (Wildman–Crippen MR) is 140 cm³/mol. The first-order valence-electron chi connectivity index (χ1n) is 11.7. The van der Waals surface area contributed by atoms with E-state index in [-0.39, 0.29) is 5.91 Å². The van der Waals surface area contributed by atoms with Crippen molar-refractivity contribution in [2.45, 2.75) is 19.3 Å². The molecule has 1 aliphatic rings. The summed E-state index contributed by atoms with van der Waals surface area (Å²) in [5, 5.41) is 4.27. The molecule has 3 aromatic rings. The van der Waals surface area contributed by atoms with Crippen molar-refractivity contribution in [1.82, 2.24) is 10.3 Å². The zero-order valence-electron chi connectivity index (χ0n) is 19.7. The van der Waals surface area contributed by atoms with Gasteiger partial charge < -0.3 is 19.7 Å². The van der Waals surface area contributed by atoms with E-state index in [0.29, 0.717) is 52.6 Å². The first-order chi connectivity index (χ1) is 17.0. The van der Waals surface area contributed by atoms with Crippen LogP contribution in [0.5, 0.6) is 11.5 Å². The molecule has 0 radical (unpaired) electrons. The highest BCUT2D eigenvalue weighted by molar-refractivity contribution is 6.34. The van der Waals surface area contributed by atoms with Crippen LogP contribution in [0.1, 0.15) is 28.8 Å². The summed E-state index contributed by atoms with van der Waals surface area (Å²) < 4.78 is 11.4. The SMILES string of the molecule is COc1ccc(C(=O)NCC2CCN(c3ccncc3)CC2)cc1OCCc1cc(Cl)cc(Cl)c1. The first-order valence-corrected chi connectivity index (χ1v) is 12.5. The molecule has 4 rings (SSSR count). The summed E-state index contributed by atoms with van der Waals surface area (Å²) in [4.78, 5) is 19.3. The molecule has 0 atom stereocenters. The van der Waals surface area contributed by atoms with E-state index >= 15 is 0 Å². The van der Waals surface area contributed by atoms with Crippen molar-refractivity contribution in [3.8, 4) is 11.5 Å². The smallest absolute Gasteiger partial charge is 0.251 e. The molecule has 2 aromatic carbocycles. The van der Waals surface area contributed by atoms with Crippen LogP contribution in [0.2, 0.25) is 10.0 Å². The van der Waals surface area contributed by atoms with Crippen LogP contribution in [-0.4, -0.2) is 44.2 Å². The van der Waals surface area contributed by atoms with Crippen molar-refractivity contribution in [3.63, 3.8) is 0 Å². The number of halogens is 2. The number of nitrogens with zero attached hydrogens (tertiary/aromatic N) is 2. The van der Waals surface area contributed by atoms with Gasteiger partial charge >= 0.3 is 0 Å². The number of nitrogens with one attached hydrogen (secondary N) is 1. The number of hydrogen-bond donors (Lipinski definition) is 1. The maximum Gasteiger partial charge on any atom is 0.251 e. The standard InChI is InChI=1S/C27H29Cl2N3O3/c1-34-25-3-2-21(16-26(25)35-13-8-20-14-22(28)17-23(29)15-20)27(33)31-18-19-6-11-32(12-7-19)24-4-9-30-10-5-24/h2-5,9-10,14-17,19H,6-8,11-13,18H2,1H3,(H,31,33). The lowest BCUT2D eigenvalue weighted by Crippen LogP contribution is -2.38. The highest BCUT2D eigenvalue weighted by atomic mass is 35.5. The summed E-state index contributed by atoms with van der Waals surface area (Å²) in [7, 11) is 1.58. The predicted octanol–water partition coefficient (Wildman–Crippen LogP) is 5.66. The normalized spacial score (nSPS) is 14.0. The zero-order valence-corrected chi connectivity index (χ0v) is 21.2. The Morgan fingerprint density at radius 1 is 1.03 bits per heavy atom. The topological polar surface area (TPSA) is 63.7 Å². The second-order valence-corrected chi connectivity index (χ2v) is 9.46. The number of carbonyl (C=O) groups excluding carboxylic acids is 1. The Morgan fingerprint density at radius 2 is 1.74 bits per heavy atom. The van der Waals surface area contributed by atoms with Crippen molar-refractivity contribution < 1.29 is 14.3 Å². The number of carbonyl (C=O) groups is 1. The number of rotatable bonds is 9. The third kappa shape index (κ3) is 7.03. The molecule has 0 saturated carbocycles. The molecular weight excluding hydrogens is 485 g/mol. The van der Waals surface area contributed by atoms with Gasteiger partial charge in [-0.05, 0) is 72.9 Å². The van der Waals surface area contributed by atoms with Gasteiger partial charge in [0.25, 0.3) is 5.91 Å². The van der Waals surface area contributed by atoms with E-state index in [1.165, 1.54) is 5.69 Å². The highest BCUT2D eigenvalue weighted by Crippen LogP contribution is 2.29. The molecule has 1 aromatic heterocycles. The number of amides is 1. The summed E-state index contributed by atoms with van der Waals surface area (Å²) in [6, 6.07) is 14.7. The summed E-state index contributed by atoms with van der Waals surface area (Å²) in [6.45, 7) is 3.00. The van der Waals surface area contributed by atoms with Gasteiger partial charge in [-0.15, -0.1) is 0 Å². The van der Waals surface area contributed by atoms with E-state index in [0.717, 1.165) is 31.5 Å². The molecule has 6 nitrogen and oxygen atoms in total. The molecule has 1 saturated heterocycles. The quantitative estimate of drug-likeness (QED) is 0.399. The van der Waals surface area contributed by atoms with E-state index in [9.17, 15) is 4.79 Å². The van der Waals surface area contributed by atoms with E-state index in [4.69, 9.17) is 32.7 Å². The fraction of sp³-hybridized carbons (Fsp3) is 0.333. The molecule has 1 N–H and O–H groups in total. The summed E-state index contributed by atoms with van der Waals surface area (Å²) in [6.07, 6.45) is 6.33. The first kappa shape index (κ1) is 25.1. The lowest BCUT2D eigenvalue weighted by atomic mass is 9.96. The van der Waals surface area contributed by atoms with Gasteiger partial charge in [-0.3, -0.25) is 9.78 Å². The average Bonchev–Trinajstić information content (AvgIpc) is 2.87. The highest BCUT2D eigenvalue weighted by Gasteiger charge is 2.20. The number of hydrogen-bond acceptors (Lipinski definition) is 5. The number of methoxy groups -OCH3 is 1. The van der Waals surface area contributed by atoms with Crippen LogP contribution >= 0.6 is 23.2 Å². The third-order valence-electron chi connectivity index (χ3n) is 6.19. The van der Waals surface area contributed by atoms with E-state index in [1.807, 2.05) is 36.7 Å². The van der Waals surface area contributed by atoms with Crippen LogP contribution in [0.4, 0.5) is 5.69 Å². The van der Waals surface area contributed by atoms with Gasteiger partial charge in [-0.1, -0.05) is 23.2 Å². The van der Waals surface area contributed by atoms with E-state index < -0.39 is 0 Å². The molecule has 1 amide bonds. The fourth-order valence-electron chi connectivity index (χ4n) is 4.25. The van der Waals surface area contributed by atoms with Crippen LogP contribution < -0.4 is 19.7 Å². The van der Waals surface area contributed by atoms with Gasteiger partial charge in [0.15, 0.2) is 11.5 Å². The minimum Gasteiger partial charge on any atom is -0.493 e. The Labute approximate surface area is 216 Å². The van der Waals surface area contributed by atoms with E-state index in [2.05, 4.69) is 15.2 Å². The summed E-state index contributed by atoms with van der Waals surface area (Å²) in [5.74, 6) is 1.44. The Bertz CT molecular complexity index is 1120. The van der Waals surface area contributed by atoms with E-state index in [1.54, 1.807) is 31.4 Å². The molecule has 0 unspecified atom stereocenters. The number of anilines is 1. The second-order valence-electron chi connectivity index (χ2n) is 8.59. The maximum absolute atomic E-state index is 12.8. The number of ether oxygens (including phenoxy) is 2. The molecule has 8 heteroatoms. The average molecular weight is 514 g/mol.